The zero-order chi connectivity index (χ0) is 13.2. The smallest absolute Gasteiger partial charge is 0.112 e. The van der Waals surface area contributed by atoms with Crippen molar-refractivity contribution in [3.63, 3.8) is 0 Å². The van der Waals surface area contributed by atoms with E-state index in [0.717, 1.165) is 34.2 Å². The van der Waals surface area contributed by atoms with Gasteiger partial charge in [-0.05, 0) is 39.9 Å². The van der Waals surface area contributed by atoms with Gasteiger partial charge in [-0.3, -0.25) is 9.97 Å². The van der Waals surface area contributed by atoms with Crippen molar-refractivity contribution in [2.24, 2.45) is 5.41 Å². The van der Waals surface area contributed by atoms with Crippen molar-refractivity contribution in [1.82, 2.24) is 9.97 Å². The summed E-state index contributed by atoms with van der Waals surface area (Å²) >= 11 is 3.41. The summed E-state index contributed by atoms with van der Waals surface area (Å²) in [5.74, 6) is 0. The molecular weight excluding hydrogens is 290 g/mol. The maximum atomic E-state index is 4.42. The van der Waals surface area contributed by atoms with Gasteiger partial charge in [0.05, 0.1) is 11.2 Å². The van der Waals surface area contributed by atoms with Crippen LogP contribution in [-0.2, 0) is 0 Å². The number of rotatable bonds is 3. The summed E-state index contributed by atoms with van der Waals surface area (Å²) in [5, 5.41) is 3.45. The average molecular weight is 308 g/mol. The molecule has 0 saturated heterocycles. The first-order chi connectivity index (χ1) is 8.46. The number of halogens is 1. The Labute approximate surface area is 116 Å². The topological polar surface area (TPSA) is 37.8 Å². The summed E-state index contributed by atoms with van der Waals surface area (Å²) in [5.41, 5.74) is 3.23. The van der Waals surface area contributed by atoms with Gasteiger partial charge in [-0.1, -0.05) is 20.8 Å². The maximum Gasteiger partial charge on any atom is 0.112 e. The Morgan fingerprint density at radius 3 is 2.78 bits per heavy atom. The minimum absolute atomic E-state index is 0.340. The SMILES string of the molecule is CC(C)(C)CCNc1ccnc2cc(Br)cnc12. The highest BCUT2D eigenvalue weighted by molar-refractivity contribution is 9.10. The van der Waals surface area contributed by atoms with Gasteiger partial charge in [-0.15, -0.1) is 0 Å². The highest BCUT2D eigenvalue weighted by atomic mass is 79.9. The summed E-state index contributed by atoms with van der Waals surface area (Å²) in [6, 6.07) is 3.96. The molecule has 0 saturated carbocycles. The van der Waals surface area contributed by atoms with E-state index in [9.17, 15) is 0 Å². The number of aromatic nitrogens is 2. The third kappa shape index (κ3) is 3.42. The summed E-state index contributed by atoms with van der Waals surface area (Å²) in [6.45, 7) is 7.68. The molecule has 4 heteroatoms. The van der Waals surface area contributed by atoms with Gasteiger partial charge in [-0.25, -0.2) is 0 Å². The Bertz CT molecular complexity index is 546. The fourth-order valence-corrected chi connectivity index (χ4v) is 2.04. The predicted octanol–water partition coefficient (Wildman–Crippen LogP) is 4.24. The lowest BCUT2D eigenvalue weighted by Gasteiger charge is -2.18. The van der Waals surface area contributed by atoms with Crippen LogP contribution < -0.4 is 5.32 Å². The molecule has 0 aromatic carbocycles. The zero-order valence-corrected chi connectivity index (χ0v) is 12.6. The van der Waals surface area contributed by atoms with Crippen molar-refractivity contribution in [2.75, 3.05) is 11.9 Å². The largest absolute Gasteiger partial charge is 0.383 e. The van der Waals surface area contributed by atoms with E-state index in [-0.39, 0.29) is 0 Å². The Kier molecular flexibility index (Phi) is 3.85. The summed E-state index contributed by atoms with van der Waals surface area (Å²) in [7, 11) is 0. The molecule has 2 heterocycles. The van der Waals surface area contributed by atoms with Crippen LogP contribution in [0.1, 0.15) is 27.2 Å². The molecule has 2 rings (SSSR count). The molecule has 0 unspecified atom stereocenters. The minimum Gasteiger partial charge on any atom is -0.383 e. The Balaban J connectivity index is 2.18. The monoisotopic (exact) mass is 307 g/mol. The molecule has 0 spiro atoms. The highest BCUT2D eigenvalue weighted by Gasteiger charge is 2.10. The van der Waals surface area contributed by atoms with E-state index >= 15 is 0 Å². The number of hydrogen-bond donors (Lipinski definition) is 1. The van der Waals surface area contributed by atoms with Gasteiger partial charge < -0.3 is 5.32 Å². The molecule has 0 aliphatic rings. The molecule has 0 bridgehead atoms. The van der Waals surface area contributed by atoms with Crippen LogP contribution in [0.5, 0.6) is 0 Å². The molecule has 0 radical (unpaired) electrons. The van der Waals surface area contributed by atoms with Crippen molar-refractivity contribution in [1.29, 1.82) is 0 Å². The molecule has 0 fully saturated rings. The molecule has 0 atom stereocenters. The maximum absolute atomic E-state index is 4.42. The van der Waals surface area contributed by atoms with Crippen molar-refractivity contribution >= 4 is 32.7 Å². The normalized spacial score (nSPS) is 11.8. The summed E-state index contributed by atoms with van der Waals surface area (Å²) in [4.78, 5) is 8.75. The number of fused-ring (bicyclic) bond motifs is 1. The molecule has 96 valence electrons. The molecule has 0 aliphatic carbocycles. The second-order valence-electron chi connectivity index (χ2n) is 5.62. The lowest BCUT2D eigenvalue weighted by atomic mass is 9.92. The number of anilines is 1. The molecule has 0 aliphatic heterocycles. The standard InChI is InChI=1S/C14H18BrN3/c1-14(2,3)5-7-17-11-4-6-16-12-8-10(15)9-18-13(11)12/h4,6,8-9H,5,7H2,1-3H3,(H,16,17). The number of hydrogen-bond acceptors (Lipinski definition) is 3. The van der Waals surface area contributed by atoms with Crippen molar-refractivity contribution < 1.29 is 0 Å². The van der Waals surface area contributed by atoms with Gasteiger partial charge in [0, 0.05) is 23.4 Å². The van der Waals surface area contributed by atoms with E-state index in [1.54, 1.807) is 6.20 Å². The van der Waals surface area contributed by atoms with Gasteiger partial charge >= 0.3 is 0 Å². The molecule has 3 nitrogen and oxygen atoms in total. The van der Waals surface area contributed by atoms with Crippen LogP contribution >= 0.6 is 15.9 Å². The first-order valence-corrected chi connectivity index (χ1v) is 6.89. The van der Waals surface area contributed by atoms with Crippen LogP contribution in [0.4, 0.5) is 5.69 Å². The van der Waals surface area contributed by atoms with Crippen LogP contribution in [0.25, 0.3) is 11.0 Å². The van der Waals surface area contributed by atoms with Crippen LogP contribution in [0, 0.1) is 5.41 Å². The first-order valence-electron chi connectivity index (χ1n) is 6.10. The van der Waals surface area contributed by atoms with E-state index in [1.165, 1.54) is 0 Å². The van der Waals surface area contributed by atoms with Gasteiger partial charge in [0.15, 0.2) is 0 Å². The van der Waals surface area contributed by atoms with Crippen LogP contribution in [0.15, 0.2) is 29.0 Å². The van der Waals surface area contributed by atoms with Gasteiger partial charge in [0.2, 0.25) is 0 Å². The second-order valence-corrected chi connectivity index (χ2v) is 6.53. The van der Waals surface area contributed by atoms with Crippen LogP contribution in [0.3, 0.4) is 0 Å². The third-order valence-corrected chi connectivity index (χ3v) is 3.17. The Morgan fingerprint density at radius 1 is 1.28 bits per heavy atom. The van der Waals surface area contributed by atoms with E-state index in [0.29, 0.717) is 5.41 Å². The number of nitrogens with one attached hydrogen (secondary N) is 1. The van der Waals surface area contributed by atoms with Gasteiger partial charge in [0.1, 0.15) is 5.52 Å². The van der Waals surface area contributed by atoms with E-state index in [1.807, 2.05) is 18.3 Å². The first kappa shape index (κ1) is 13.3. The van der Waals surface area contributed by atoms with Crippen LogP contribution in [0.2, 0.25) is 0 Å². The lowest BCUT2D eigenvalue weighted by molar-refractivity contribution is 0.390. The highest BCUT2D eigenvalue weighted by Crippen LogP contribution is 2.23. The lowest BCUT2D eigenvalue weighted by Crippen LogP contribution is -2.13. The number of nitrogens with zero attached hydrogens (tertiary/aromatic N) is 2. The Hall–Kier alpha value is -1.16. The van der Waals surface area contributed by atoms with E-state index < -0.39 is 0 Å². The Morgan fingerprint density at radius 2 is 2.06 bits per heavy atom. The molecular formula is C14H18BrN3. The molecule has 2 aromatic rings. The fourth-order valence-electron chi connectivity index (χ4n) is 1.72. The minimum atomic E-state index is 0.340. The molecule has 0 amide bonds. The van der Waals surface area contributed by atoms with E-state index in [2.05, 4.69) is 52.0 Å². The van der Waals surface area contributed by atoms with Crippen molar-refractivity contribution in [3.8, 4) is 0 Å². The number of pyridine rings is 2. The quantitative estimate of drug-likeness (QED) is 0.921. The molecule has 2 aromatic heterocycles. The third-order valence-electron chi connectivity index (χ3n) is 2.73. The fraction of sp³-hybridized carbons (Fsp3) is 0.429. The second kappa shape index (κ2) is 5.22. The van der Waals surface area contributed by atoms with Crippen molar-refractivity contribution in [3.05, 3.63) is 29.0 Å². The van der Waals surface area contributed by atoms with Gasteiger partial charge in [0.25, 0.3) is 0 Å². The predicted molar refractivity (Wildman–Crippen MR) is 79.8 cm³/mol. The van der Waals surface area contributed by atoms with E-state index in [4.69, 9.17) is 0 Å². The average Bonchev–Trinajstić information content (AvgIpc) is 2.27. The zero-order valence-electron chi connectivity index (χ0n) is 11.0. The molecule has 1 N–H and O–H groups in total. The van der Waals surface area contributed by atoms with Crippen LogP contribution in [-0.4, -0.2) is 16.5 Å². The van der Waals surface area contributed by atoms with Crippen molar-refractivity contribution in [2.45, 2.75) is 27.2 Å². The molecule has 18 heavy (non-hydrogen) atoms. The summed E-state index contributed by atoms with van der Waals surface area (Å²) < 4.78 is 0.953. The summed E-state index contributed by atoms with van der Waals surface area (Å²) in [6.07, 6.45) is 4.74. The van der Waals surface area contributed by atoms with Gasteiger partial charge in [-0.2, -0.15) is 0 Å².